The van der Waals surface area contributed by atoms with Crippen LogP contribution in [-0.2, 0) is 26.7 Å². The first-order valence-corrected chi connectivity index (χ1v) is 9.48. The highest BCUT2D eigenvalue weighted by Crippen LogP contribution is 2.41. The van der Waals surface area contributed by atoms with Crippen LogP contribution in [0.25, 0.3) is 11.3 Å². The third kappa shape index (κ3) is 3.05. The molecule has 2 heterocycles. The van der Waals surface area contributed by atoms with Crippen molar-refractivity contribution in [1.29, 1.82) is 0 Å². The highest BCUT2D eigenvalue weighted by molar-refractivity contribution is 7.93. The lowest BCUT2D eigenvalue weighted by Crippen LogP contribution is -2.05. The van der Waals surface area contributed by atoms with Crippen molar-refractivity contribution in [2.75, 3.05) is 18.2 Å². The molecule has 4 rings (SSSR count). The van der Waals surface area contributed by atoms with Gasteiger partial charge in [-0.05, 0) is 36.5 Å². The lowest BCUT2D eigenvalue weighted by atomic mass is 9.98. The number of para-hydroxylation sites is 1. The second-order valence-electron chi connectivity index (χ2n) is 6.08. The predicted octanol–water partition coefficient (Wildman–Crippen LogP) is 4.26. The number of amides is 1. The van der Waals surface area contributed by atoms with E-state index in [0.717, 1.165) is 41.8 Å². The Labute approximate surface area is 151 Å². The summed E-state index contributed by atoms with van der Waals surface area (Å²) in [6, 6.07) is 14.1. The molecule has 1 amide bonds. The summed E-state index contributed by atoms with van der Waals surface area (Å²) >= 11 is 1.40. The number of ether oxygens (including phenoxy) is 1. The predicted molar refractivity (Wildman–Crippen MR) is 101 cm³/mol. The Morgan fingerprint density at radius 1 is 1.20 bits per heavy atom. The minimum Gasteiger partial charge on any atom is -0.487 e. The van der Waals surface area contributed by atoms with Crippen molar-refractivity contribution >= 4 is 35.0 Å². The number of aryl methyl sites for hydroxylation is 1. The third-order valence-corrected chi connectivity index (χ3v) is 4.90. The van der Waals surface area contributed by atoms with E-state index in [1.165, 1.54) is 17.6 Å². The quantitative estimate of drug-likeness (QED) is 0.496. The zero-order valence-electron chi connectivity index (χ0n) is 14.0. The summed E-state index contributed by atoms with van der Waals surface area (Å²) in [7, 11) is 0. The zero-order valence-corrected chi connectivity index (χ0v) is 14.8. The van der Waals surface area contributed by atoms with Crippen molar-refractivity contribution in [3.05, 3.63) is 64.7 Å². The van der Waals surface area contributed by atoms with Crippen LogP contribution < -0.4 is 5.32 Å². The summed E-state index contributed by atoms with van der Waals surface area (Å²) in [4.78, 5) is 12.4. The van der Waals surface area contributed by atoms with Crippen LogP contribution >= 0.6 is 12.0 Å². The molecule has 5 heteroatoms. The van der Waals surface area contributed by atoms with Crippen molar-refractivity contribution in [1.82, 2.24) is 0 Å². The summed E-state index contributed by atoms with van der Waals surface area (Å²) < 4.78 is 11.2. The molecule has 2 aliphatic rings. The number of anilines is 1. The van der Waals surface area contributed by atoms with E-state index in [1.807, 2.05) is 30.5 Å². The minimum absolute atomic E-state index is 0.0951. The molecule has 0 bridgehead atoms. The Morgan fingerprint density at radius 2 is 2.08 bits per heavy atom. The maximum Gasteiger partial charge on any atom is 0.260 e. The molecule has 0 saturated heterocycles. The molecule has 128 valence electrons. The molecule has 2 aliphatic heterocycles. The summed E-state index contributed by atoms with van der Waals surface area (Å²) in [5.74, 6) is 0.594. The van der Waals surface area contributed by atoms with Gasteiger partial charge in [0.05, 0.1) is 12.2 Å². The molecule has 2 aromatic rings. The Kier molecular flexibility index (Phi) is 4.51. The van der Waals surface area contributed by atoms with Gasteiger partial charge in [-0.3, -0.25) is 4.79 Å². The molecule has 0 aromatic heterocycles. The highest BCUT2D eigenvalue weighted by Gasteiger charge is 2.32. The Morgan fingerprint density at radius 3 is 2.96 bits per heavy atom. The lowest BCUT2D eigenvalue weighted by Gasteiger charge is -2.06. The zero-order chi connectivity index (χ0) is 17.2. The summed E-state index contributed by atoms with van der Waals surface area (Å²) in [6.45, 7) is 1.26. The molecule has 0 fully saturated rings. The molecule has 0 atom stereocenters. The molecule has 2 aromatic carbocycles. The fraction of sp³-hybridized carbons (Fsp3) is 0.250. The van der Waals surface area contributed by atoms with Gasteiger partial charge in [0.25, 0.3) is 5.91 Å². The van der Waals surface area contributed by atoms with Crippen molar-refractivity contribution in [2.45, 2.75) is 19.4 Å². The number of hydrogen-bond acceptors (Lipinski definition) is 4. The molecule has 0 unspecified atom stereocenters. The van der Waals surface area contributed by atoms with Gasteiger partial charge >= 0.3 is 0 Å². The van der Waals surface area contributed by atoms with E-state index in [0.29, 0.717) is 17.9 Å². The number of carbonyl (C=O) groups is 1. The Bertz CT molecular complexity index is 860. The van der Waals surface area contributed by atoms with E-state index in [2.05, 4.69) is 23.5 Å². The molecule has 0 spiro atoms. The first kappa shape index (κ1) is 16.2. The van der Waals surface area contributed by atoms with E-state index in [-0.39, 0.29) is 5.91 Å². The third-order valence-electron chi connectivity index (χ3n) is 4.50. The molecule has 0 radical (unpaired) electrons. The van der Waals surface area contributed by atoms with Crippen molar-refractivity contribution in [2.24, 2.45) is 0 Å². The topological polar surface area (TPSA) is 47.6 Å². The van der Waals surface area contributed by atoms with Crippen molar-refractivity contribution in [3.8, 4) is 0 Å². The maximum absolute atomic E-state index is 12.4. The molecule has 0 saturated carbocycles. The minimum atomic E-state index is -0.0951. The van der Waals surface area contributed by atoms with Gasteiger partial charge in [0, 0.05) is 28.6 Å². The molecular weight excluding hydrogens is 334 g/mol. The van der Waals surface area contributed by atoms with Gasteiger partial charge in [-0.25, -0.2) is 0 Å². The van der Waals surface area contributed by atoms with Crippen molar-refractivity contribution in [3.63, 3.8) is 0 Å². The fourth-order valence-corrected chi connectivity index (χ4v) is 3.62. The molecule has 25 heavy (non-hydrogen) atoms. The van der Waals surface area contributed by atoms with E-state index < -0.39 is 0 Å². The van der Waals surface area contributed by atoms with Crippen LogP contribution in [0.15, 0.2) is 42.5 Å². The standard InChI is InChI=1S/C20H19NO3S/c1-25-24-10-4-5-13-8-9-15-14(11-13)12-23-19(15)18-16-6-2-3-7-17(16)21-20(18)22/h2-3,6-9,11H,4-5,10,12H2,1H3,(H,21,22)/b19-18+. The average Bonchev–Trinajstić information content (AvgIpc) is 3.18. The first-order valence-electron chi connectivity index (χ1n) is 8.33. The largest absolute Gasteiger partial charge is 0.487 e. The van der Waals surface area contributed by atoms with Crippen LogP contribution in [0.4, 0.5) is 5.69 Å². The average molecular weight is 353 g/mol. The SMILES string of the molecule is CSOCCCc1ccc2c(c1)CO/C2=C1/C(=O)Nc2ccccc21. The summed E-state index contributed by atoms with van der Waals surface area (Å²) in [5.41, 5.74) is 5.82. The van der Waals surface area contributed by atoms with Crippen LogP contribution in [0.1, 0.15) is 28.7 Å². The second-order valence-corrected chi connectivity index (χ2v) is 6.65. The second kappa shape index (κ2) is 6.94. The van der Waals surface area contributed by atoms with Crippen LogP contribution in [0.3, 0.4) is 0 Å². The molecule has 0 aliphatic carbocycles. The number of hydrogen-bond donors (Lipinski definition) is 1. The fourth-order valence-electron chi connectivity index (χ4n) is 3.34. The van der Waals surface area contributed by atoms with E-state index in [4.69, 9.17) is 8.92 Å². The number of carbonyl (C=O) groups excluding carboxylic acids is 1. The van der Waals surface area contributed by atoms with Gasteiger partial charge in [0.2, 0.25) is 0 Å². The Balaban J connectivity index is 1.63. The van der Waals surface area contributed by atoms with Crippen molar-refractivity contribution < 1.29 is 13.7 Å². The number of nitrogens with one attached hydrogen (secondary N) is 1. The van der Waals surface area contributed by atoms with Crippen LogP contribution in [0.2, 0.25) is 0 Å². The van der Waals surface area contributed by atoms with Gasteiger partial charge in [-0.15, -0.1) is 0 Å². The molecule has 1 N–H and O–H groups in total. The molecule has 4 nitrogen and oxygen atoms in total. The van der Waals surface area contributed by atoms with E-state index in [9.17, 15) is 4.79 Å². The monoisotopic (exact) mass is 353 g/mol. The van der Waals surface area contributed by atoms with E-state index in [1.54, 1.807) is 0 Å². The van der Waals surface area contributed by atoms with Crippen LogP contribution in [0, 0.1) is 0 Å². The van der Waals surface area contributed by atoms with Gasteiger partial charge in [-0.2, -0.15) is 0 Å². The Hall–Kier alpha value is -2.24. The molecular formula is C20H19NO3S. The smallest absolute Gasteiger partial charge is 0.260 e. The summed E-state index contributed by atoms with van der Waals surface area (Å²) in [5, 5.41) is 2.91. The highest BCUT2D eigenvalue weighted by atomic mass is 32.2. The van der Waals surface area contributed by atoms with Gasteiger partial charge in [0.15, 0.2) is 0 Å². The maximum atomic E-state index is 12.4. The van der Waals surface area contributed by atoms with Gasteiger partial charge in [-0.1, -0.05) is 36.4 Å². The van der Waals surface area contributed by atoms with Crippen LogP contribution in [-0.4, -0.2) is 18.8 Å². The van der Waals surface area contributed by atoms with Gasteiger partial charge in [0.1, 0.15) is 12.4 Å². The number of rotatable bonds is 5. The summed E-state index contributed by atoms with van der Waals surface area (Å²) in [6.07, 6.45) is 3.90. The first-order chi connectivity index (χ1) is 12.3. The number of fused-ring (bicyclic) bond motifs is 2. The van der Waals surface area contributed by atoms with E-state index >= 15 is 0 Å². The van der Waals surface area contributed by atoms with Gasteiger partial charge < -0.3 is 14.2 Å². The normalized spacial score (nSPS) is 17.9. The van der Waals surface area contributed by atoms with Crippen LogP contribution in [0.5, 0.6) is 0 Å². The number of benzene rings is 2. The lowest BCUT2D eigenvalue weighted by molar-refractivity contribution is -0.110.